The van der Waals surface area contributed by atoms with Gasteiger partial charge in [0, 0.05) is 42.7 Å². The highest BCUT2D eigenvalue weighted by Gasteiger charge is 2.26. The van der Waals surface area contributed by atoms with Crippen LogP contribution in [0.25, 0.3) is 16.5 Å². The average Bonchev–Trinajstić information content (AvgIpc) is 2.91. The fourth-order valence-electron chi connectivity index (χ4n) is 2.55. The van der Waals surface area contributed by atoms with Crippen molar-refractivity contribution in [2.45, 2.75) is 6.92 Å². The minimum Gasteiger partial charge on any atom is -0.350 e. The number of nitrogens with zero attached hydrogens (tertiary/aromatic N) is 2. The van der Waals surface area contributed by atoms with Crippen LogP contribution in [0.1, 0.15) is 12.5 Å². The van der Waals surface area contributed by atoms with Crippen LogP contribution in [0.15, 0.2) is 36.5 Å². The number of imide groups is 1. The lowest BCUT2D eigenvalue weighted by Crippen LogP contribution is -2.30. The van der Waals surface area contributed by atoms with Crippen molar-refractivity contribution >= 4 is 28.3 Å². The predicted octanol–water partition coefficient (Wildman–Crippen LogP) is 1.95. The van der Waals surface area contributed by atoms with Crippen molar-refractivity contribution in [2.24, 2.45) is 7.05 Å². The number of carbonyl (C=O) groups excluding carboxylic acids is 2. The fraction of sp³-hybridized carbons (Fsp3) is 0.200. The zero-order chi connectivity index (χ0) is 13.6. The van der Waals surface area contributed by atoms with Crippen LogP contribution in [0.5, 0.6) is 0 Å². The number of rotatable bonds is 1. The highest BCUT2D eigenvalue weighted by Crippen LogP contribution is 2.29. The Morgan fingerprint density at radius 1 is 1.26 bits per heavy atom. The molecule has 0 fully saturated rings. The van der Waals surface area contributed by atoms with Gasteiger partial charge in [0.2, 0.25) is 5.91 Å². The Kier molecular flexibility index (Phi) is 2.52. The standard InChI is InChI=1S/C15H14N2O2/c1-10(18)17-8-11(7-15(17)19)13-9-16(2)14-6-4-3-5-12(13)14/h3-7,9H,8H2,1-2H3. The Labute approximate surface area is 110 Å². The molecule has 2 heterocycles. The molecule has 4 heteroatoms. The molecule has 0 saturated heterocycles. The number of benzene rings is 1. The van der Waals surface area contributed by atoms with E-state index in [0.717, 1.165) is 22.0 Å². The van der Waals surface area contributed by atoms with Crippen LogP contribution < -0.4 is 0 Å². The zero-order valence-electron chi connectivity index (χ0n) is 10.9. The van der Waals surface area contributed by atoms with Gasteiger partial charge in [-0.3, -0.25) is 14.5 Å². The van der Waals surface area contributed by atoms with Crippen LogP contribution in [0.3, 0.4) is 0 Å². The first-order valence-corrected chi connectivity index (χ1v) is 6.15. The largest absolute Gasteiger partial charge is 0.350 e. The highest BCUT2D eigenvalue weighted by atomic mass is 16.2. The Bertz CT molecular complexity index is 725. The van der Waals surface area contributed by atoms with Crippen molar-refractivity contribution in [1.82, 2.24) is 9.47 Å². The number of aryl methyl sites for hydroxylation is 1. The number of hydrogen-bond acceptors (Lipinski definition) is 2. The molecule has 1 aliphatic heterocycles. The van der Waals surface area contributed by atoms with Crippen LogP contribution in [-0.4, -0.2) is 27.8 Å². The number of aromatic nitrogens is 1. The van der Waals surface area contributed by atoms with Gasteiger partial charge in [-0.05, 0) is 11.6 Å². The molecule has 19 heavy (non-hydrogen) atoms. The van der Waals surface area contributed by atoms with E-state index in [1.165, 1.54) is 11.8 Å². The van der Waals surface area contributed by atoms with E-state index >= 15 is 0 Å². The molecule has 0 saturated carbocycles. The van der Waals surface area contributed by atoms with Crippen LogP contribution in [-0.2, 0) is 16.6 Å². The molecular formula is C15H14N2O2. The molecule has 0 spiro atoms. The number of para-hydroxylation sites is 1. The third-order valence-electron chi connectivity index (χ3n) is 3.52. The lowest BCUT2D eigenvalue weighted by atomic mass is 10.1. The lowest BCUT2D eigenvalue weighted by Gasteiger charge is -2.11. The van der Waals surface area contributed by atoms with Crippen LogP contribution in [0, 0.1) is 0 Å². The second kappa shape index (κ2) is 4.09. The summed E-state index contributed by atoms with van der Waals surface area (Å²) in [5.41, 5.74) is 3.04. The van der Waals surface area contributed by atoms with Crippen molar-refractivity contribution in [3.8, 4) is 0 Å². The van der Waals surface area contributed by atoms with Gasteiger partial charge < -0.3 is 4.57 Å². The molecule has 96 valence electrons. The molecule has 0 aliphatic carbocycles. The molecule has 0 unspecified atom stereocenters. The van der Waals surface area contributed by atoms with Crippen molar-refractivity contribution in [2.75, 3.05) is 6.54 Å². The Morgan fingerprint density at radius 2 is 2.00 bits per heavy atom. The van der Waals surface area contributed by atoms with Gasteiger partial charge in [0.15, 0.2) is 0 Å². The second-order valence-corrected chi connectivity index (χ2v) is 4.78. The molecule has 2 aromatic rings. The average molecular weight is 254 g/mol. The third-order valence-corrected chi connectivity index (χ3v) is 3.52. The molecule has 3 rings (SSSR count). The normalized spacial score (nSPS) is 15.2. The molecule has 1 aromatic heterocycles. The van der Waals surface area contributed by atoms with Gasteiger partial charge in [-0.2, -0.15) is 0 Å². The maximum Gasteiger partial charge on any atom is 0.253 e. The van der Waals surface area contributed by atoms with Gasteiger partial charge in [-0.1, -0.05) is 18.2 Å². The summed E-state index contributed by atoms with van der Waals surface area (Å²) < 4.78 is 2.03. The summed E-state index contributed by atoms with van der Waals surface area (Å²) in [6, 6.07) is 8.04. The number of carbonyl (C=O) groups is 2. The monoisotopic (exact) mass is 254 g/mol. The van der Waals surface area contributed by atoms with Gasteiger partial charge in [-0.15, -0.1) is 0 Å². The Morgan fingerprint density at radius 3 is 2.68 bits per heavy atom. The van der Waals surface area contributed by atoms with E-state index in [0.29, 0.717) is 6.54 Å². The van der Waals surface area contributed by atoms with Gasteiger partial charge in [0.05, 0.1) is 6.54 Å². The maximum absolute atomic E-state index is 11.8. The molecule has 0 N–H and O–H groups in total. The minimum atomic E-state index is -0.226. The van der Waals surface area contributed by atoms with E-state index in [1.54, 1.807) is 6.08 Å². The lowest BCUT2D eigenvalue weighted by molar-refractivity contribution is -0.138. The number of amides is 2. The van der Waals surface area contributed by atoms with Crippen molar-refractivity contribution < 1.29 is 9.59 Å². The Hall–Kier alpha value is -2.36. The summed E-state index contributed by atoms with van der Waals surface area (Å²) in [6.07, 6.45) is 3.57. The van der Waals surface area contributed by atoms with Crippen LogP contribution in [0.2, 0.25) is 0 Å². The number of fused-ring (bicyclic) bond motifs is 1. The smallest absolute Gasteiger partial charge is 0.253 e. The van der Waals surface area contributed by atoms with Crippen molar-refractivity contribution in [1.29, 1.82) is 0 Å². The topological polar surface area (TPSA) is 42.3 Å². The quantitative estimate of drug-likeness (QED) is 0.780. The van der Waals surface area contributed by atoms with E-state index < -0.39 is 0 Å². The SMILES string of the molecule is CC(=O)N1CC(c2cn(C)c3ccccc23)=CC1=O. The second-order valence-electron chi connectivity index (χ2n) is 4.78. The predicted molar refractivity (Wildman–Crippen MR) is 73.3 cm³/mol. The first kappa shape index (κ1) is 11.7. The highest BCUT2D eigenvalue weighted by molar-refractivity contribution is 6.11. The van der Waals surface area contributed by atoms with Crippen molar-refractivity contribution in [3.05, 3.63) is 42.1 Å². The van der Waals surface area contributed by atoms with Gasteiger partial charge >= 0.3 is 0 Å². The first-order chi connectivity index (χ1) is 9.08. The summed E-state index contributed by atoms with van der Waals surface area (Å²) in [5.74, 6) is -0.438. The molecule has 0 bridgehead atoms. The number of hydrogen-bond donors (Lipinski definition) is 0. The van der Waals surface area contributed by atoms with Gasteiger partial charge in [0.25, 0.3) is 5.91 Å². The van der Waals surface area contributed by atoms with E-state index in [4.69, 9.17) is 0 Å². The summed E-state index contributed by atoms with van der Waals surface area (Å²) in [6.45, 7) is 1.78. The van der Waals surface area contributed by atoms with Gasteiger partial charge in [0.1, 0.15) is 0 Å². The van der Waals surface area contributed by atoms with E-state index in [9.17, 15) is 9.59 Å². The summed E-state index contributed by atoms with van der Waals surface area (Å²) in [4.78, 5) is 24.4. The van der Waals surface area contributed by atoms with Crippen LogP contribution in [0.4, 0.5) is 0 Å². The van der Waals surface area contributed by atoms with E-state index in [-0.39, 0.29) is 11.8 Å². The van der Waals surface area contributed by atoms with Crippen LogP contribution >= 0.6 is 0 Å². The Balaban J connectivity index is 2.10. The zero-order valence-corrected chi connectivity index (χ0v) is 10.9. The molecular weight excluding hydrogens is 240 g/mol. The third kappa shape index (κ3) is 1.76. The van der Waals surface area contributed by atoms with E-state index in [1.807, 2.05) is 42.1 Å². The van der Waals surface area contributed by atoms with Crippen molar-refractivity contribution in [3.63, 3.8) is 0 Å². The van der Waals surface area contributed by atoms with Gasteiger partial charge in [-0.25, -0.2) is 0 Å². The molecule has 2 amide bonds. The van der Waals surface area contributed by atoms with E-state index in [2.05, 4.69) is 0 Å². The minimum absolute atomic E-state index is 0.212. The molecule has 1 aliphatic rings. The first-order valence-electron chi connectivity index (χ1n) is 6.15. The molecule has 0 radical (unpaired) electrons. The summed E-state index contributed by atoms with van der Waals surface area (Å²) in [5, 5.41) is 1.11. The summed E-state index contributed by atoms with van der Waals surface area (Å²) >= 11 is 0. The molecule has 0 atom stereocenters. The fourth-order valence-corrected chi connectivity index (χ4v) is 2.55. The molecule has 1 aromatic carbocycles. The maximum atomic E-state index is 11.8. The summed E-state index contributed by atoms with van der Waals surface area (Å²) in [7, 11) is 1.98. The molecule has 4 nitrogen and oxygen atoms in total.